The normalized spacial score (nSPS) is 35.2. The molecule has 2 aliphatic rings. The summed E-state index contributed by atoms with van der Waals surface area (Å²) in [4.78, 5) is 11.3. The van der Waals surface area contributed by atoms with Crippen molar-refractivity contribution in [2.45, 2.75) is 44.7 Å². The molecule has 1 saturated heterocycles. The summed E-state index contributed by atoms with van der Waals surface area (Å²) in [5.74, 6) is -0.981. The lowest BCUT2D eigenvalue weighted by Gasteiger charge is -2.20. The van der Waals surface area contributed by atoms with Crippen LogP contribution in [0.25, 0.3) is 0 Å². The standard InChI is InChI=1S/C13H17NO4/c1-13(2)17-11-8(4-5-14)6-9(12(11)18-13)7-10(15)16-3/h7-8,11-12H,4,6H2,1-3H3/b9-7+/t8-,11-,12+/m1/s1. The van der Waals surface area contributed by atoms with Crippen molar-refractivity contribution in [1.29, 1.82) is 5.26 Å². The molecule has 0 spiro atoms. The molecule has 18 heavy (non-hydrogen) atoms. The molecule has 0 bridgehead atoms. The zero-order chi connectivity index (χ0) is 13.3. The van der Waals surface area contributed by atoms with Gasteiger partial charge in [0.1, 0.15) is 6.10 Å². The van der Waals surface area contributed by atoms with Crippen LogP contribution in [0.3, 0.4) is 0 Å². The minimum atomic E-state index is -0.668. The summed E-state index contributed by atoms with van der Waals surface area (Å²) in [6.07, 6.45) is 2.13. The van der Waals surface area contributed by atoms with Crippen LogP contribution in [0.15, 0.2) is 11.6 Å². The van der Waals surface area contributed by atoms with Crippen molar-refractivity contribution in [3.05, 3.63) is 11.6 Å². The number of ether oxygens (including phenoxy) is 3. The van der Waals surface area contributed by atoms with Gasteiger partial charge in [0.15, 0.2) is 5.79 Å². The lowest BCUT2D eigenvalue weighted by molar-refractivity contribution is -0.152. The summed E-state index contributed by atoms with van der Waals surface area (Å²) < 4.78 is 16.2. The molecule has 98 valence electrons. The lowest BCUT2D eigenvalue weighted by Crippen LogP contribution is -2.25. The Morgan fingerprint density at radius 2 is 2.33 bits per heavy atom. The number of carbonyl (C=O) groups excluding carboxylic acids is 1. The highest BCUT2D eigenvalue weighted by Gasteiger charge is 2.51. The summed E-state index contributed by atoms with van der Waals surface area (Å²) in [6.45, 7) is 3.68. The van der Waals surface area contributed by atoms with Crippen molar-refractivity contribution < 1.29 is 19.0 Å². The predicted molar refractivity (Wildman–Crippen MR) is 62.3 cm³/mol. The maximum Gasteiger partial charge on any atom is 0.330 e. The molecule has 1 heterocycles. The second kappa shape index (κ2) is 4.71. The third-order valence-electron chi connectivity index (χ3n) is 3.31. The Morgan fingerprint density at radius 1 is 1.61 bits per heavy atom. The zero-order valence-corrected chi connectivity index (χ0v) is 10.8. The van der Waals surface area contributed by atoms with E-state index in [1.165, 1.54) is 13.2 Å². The highest BCUT2D eigenvalue weighted by molar-refractivity contribution is 5.83. The van der Waals surface area contributed by atoms with Crippen molar-refractivity contribution in [3.8, 4) is 6.07 Å². The molecule has 0 amide bonds. The van der Waals surface area contributed by atoms with E-state index in [-0.39, 0.29) is 18.1 Å². The van der Waals surface area contributed by atoms with E-state index < -0.39 is 11.8 Å². The van der Waals surface area contributed by atoms with E-state index in [0.29, 0.717) is 12.8 Å². The van der Waals surface area contributed by atoms with E-state index in [4.69, 9.17) is 14.7 Å². The Hall–Kier alpha value is -1.38. The molecule has 0 unspecified atom stereocenters. The van der Waals surface area contributed by atoms with Crippen LogP contribution >= 0.6 is 0 Å². The van der Waals surface area contributed by atoms with Gasteiger partial charge in [-0.15, -0.1) is 0 Å². The molecular weight excluding hydrogens is 234 g/mol. The maximum absolute atomic E-state index is 11.3. The van der Waals surface area contributed by atoms with Gasteiger partial charge in [0.05, 0.1) is 19.3 Å². The molecule has 2 fully saturated rings. The fourth-order valence-electron chi connectivity index (χ4n) is 2.61. The Morgan fingerprint density at radius 3 is 2.94 bits per heavy atom. The first kappa shape index (κ1) is 13.1. The average Bonchev–Trinajstić information content (AvgIpc) is 2.76. The fourth-order valence-corrected chi connectivity index (χ4v) is 2.61. The summed E-state index contributed by atoms with van der Waals surface area (Å²) in [7, 11) is 1.34. The maximum atomic E-state index is 11.3. The highest BCUT2D eigenvalue weighted by Crippen LogP contribution is 2.45. The largest absolute Gasteiger partial charge is 0.466 e. The van der Waals surface area contributed by atoms with E-state index >= 15 is 0 Å². The monoisotopic (exact) mass is 251 g/mol. The van der Waals surface area contributed by atoms with Crippen LogP contribution in [0.2, 0.25) is 0 Å². The molecule has 1 saturated carbocycles. The van der Waals surface area contributed by atoms with Gasteiger partial charge in [0.2, 0.25) is 0 Å². The van der Waals surface area contributed by atoms with Gasteiger partial charge in [0, 0.05) is 18.4 Å². The molecule has 3 atom stereocenters. The molecule has 0 aromatic carbocycles. The minimum absolute atomic E-state index is 0.0812. The van der Waals surface area contributed by atoms with Gasteiger partial charge >= 0.3 is 5.97 Å². The van der Waals surface area contributed by atoms with Crippen molar-refractivity contribution in [2.24, 2.45) is 5.92 Å². The Labute approximate surface area is 106 Å². The molecule has 0 radical (unpaired) electrons. The van der Waals surface area contributed by atoms with Crippen LogP contribution < -0.4 is 0 Å². The number of hydrogen-bond acceptors (Lipinski definition) is 5. The van der Waals surface area contributed by atoms with Gasteiger partial charge in [-0.05, 0) is 25.8 Å². The zero-order valence-electron chi connectivity index (χ0n) is 10.8. The van der Waals surface area contributed by atoms with Crippen LogP contribution in [-0.2, 0) is 19.0 Å². The average molecular weight is 251 g/mol. The third kappa shape index (κ3) is 2.40. The number of methoxy groups -OCH3 is 1. The Balaban J connectivity index is 2.22. The number of esters is 1. The van der Waals surface area contributed by atoms with Gasteiger partial charge in [-0.2, -0.15) is 5.26 Å². The predicted octanol–water partition coefficient (Wildman–Crippen LogP) is 1.54. The smallest absolute Gasteiger partial charge is 0.330 e. The number of carbonyl (C=O) groups is 1. The van der Waals surface area contributed by atoms with Gasteiger partial charge < -0.3 is 14.2 Å². The van der Waals surface area contributed by atoms with Crippen molar-refractivity contribution in [1.82, 2.24) is 0 Å². The first-order valence-corrected chi connectivity index (χ1v) is 5.98. The minimum Gasteiger partial charge on any atom is -0.466 e. The van der Waals surface area contributed by atoms with Gasteiger partial charge in [-0.3, -0.25) is 0 Å². The first-order valence-electron chi connectivity index (χ1n) is 5.98. The number of hydrogen-bond donors (Lipinski definition) is 0. The third-order valence-corrected chi connectivity index (χ3v) is 3.31. The van der Waals surface area contributed by atoms with Crippen LogP contribution in [0.4, 0.5) is 0 Å². The van der Waals surface area contributed by atoms with Crippen LogP contribution in [0.1, 0.15) is 26.7 Å². The summed E-state index contributed by atoms with van der Waals surface area (Å²) in [6, 6.07) is 2.16. The molecular formula is C13H17NO4. The fraction of sp³-hybridized carbons (Fsp3) is 0.692. The SMILES string of the molecule is COC(=O)/C=C1\C[C@@H](CC#N)[C@H]2OC(C)(C)O[C@@H]12. The van der Waals surface area contributed by atoms with E-state index in [1.807, 2.05) is 13.8 Å². The quantitative estimate of drug-likeness (QED) is 0.550. The van der Waals surface area contributed by atoms with Crippen LogP contribution in [0.5, 0.6) is 0 Å². The summed E-state index contributed by atoms with van der Waals surface area (Å²) >= 11 is 0. The topological polar surface area (TPSA) is 68.6 Å². The molecule has 0 aromatic rings. The highest BCUT2D eigenvalue weighted by atomic mass is 16.8. The number of rotatable bonds is 2. The Kier molecular flexibility index (Phi) is 3.42. The molecule has 0 N–H and O–H groups in total. The van der Waals surface area contributed by atoms with Crippen molar-refractivity contribution in [3.63, 3.8) is 0 Å². The second-order valence-corrected chi connectivity index (χ2v) is 5.09. The van der Waals surface area contributed by atoms with E-state index in [0.717, 1.165) is 5.57 Å². The summed E-state index contributed by atoms with van der Waals surface area (Å²) in [5, 5.41) is 8.83. The number of nitrogens with zero attached hydrogens (tertiary/aromatic N) is 1. The lowest BCUT2D eigenvalue weighted by atomic mass is 10.0. The molecule has 5 heteroatoms. The molecule has 0 aromatic heterocycles. The van der Waals surface area contributed by atoms with Crippen LogP contribution in [-0.4, -0.2) is 31.1 Å². The molecule has 1 aliphatic carbocycles. The van der Waals surface area contributed by atoms with Crippen molar-refractivity contribution in [2.75, 3.05) is 7.11 Å². The van der Waals surface area contributed by atoms with Gasteiger partial charge in [0.25, 0.3) is 0 Å². The van der Waals surface area contributed by atoms with E-state index in [1.54, 1.807) is 0 Å². The number of nitriles is 1. The Bertz CT molecular complexity index is 421. The molecule has 1 aliphatic heterocycles. The molecule has 5 nitrogen and oxygen atoms in total. The van der Waals surface area contributed by atoms with E-state index in [9.17, 15) is 4.79 Å². The van der Waals surface area contributed by atoms with Gasteiger partial charge in [-0.25, -0.2) is 4.79 Å². The van der Waals surface area contributed by atoms with Gasteiger partial charge in [-0.1, -0.05) is 0 Å². The van der Waals surface area contributed by atoms with E-state index in [2.05, 4.69) is 10.8 Å². The second-order valence-electron chi connectivity index (χ2n) is 5.09. The first-order chi connectivity index (χ1) is 8.46. The molecule has 2 rings (SSSR count). The number of fused-ring (bicyclic) bond motifs is 1. The van der Waals surface area contributed by atoms with Crippen LogP contribution in [0, 0.1) is 17.2 Å². The summed E-state index contributed by atoms with van der Waals surface area (Å²) in [5.41, 5.74) is 0.859. The van der Waals surface area contributed by atoms with Crippen molar-refractivity contribution >= 4 is 5.97 Å².